The average Bonchev–Trinajstić information content (AvgIpc) is 3.04. The van der Waals surface area contributed by atoms with Crippen molar-refractivity contribution in [3.8, 4) is 0 Å². The van der Waals surface area contributed by atoms with Crippen LogP contribution in [0.1, 0.15) is 37.6 Å². The van der Waals surface area contributed by atoms with Gasteiger partial charge in [0.1, 0.15) is 5.01 Å². The number of hydrogen-bond donors (Lipinski definition) is 2. The molecular weight excluding hydrogens is 304 g/mol. The summed E-state index contributed by atoms with van der Waals surface area (Å²) in [6.07, 6.45) is 6.12. The number of nitrogens with zero attached hydrogens (tertiary/aromatic N) is 2. The number of aliphatic imine (C=N–C) groups is 1. The van der Waals surface area contributed by atoms with Crippen molar-refractivity contribution in [1.82, 2.24) is 15.6 Å². The molecular formula is C14H24N4OS2. The molecule has 2 N–H and O–H groups in total. The molecule has 1 aromatic heterocycles. The Morgan fingerprint density at radius 3 is 3.10 bits per heavy atom. The molecule has 118 valence electrons. The van der Waals surface area contributed by atoms with Crippen LogP contribution in [-0.2, 0) is 17.3 Å². The van der Waals surface area contributed by atoms with E-state index in [0.29, 0.717) is 17.8 Å². The molecule has 7 heteroatoms. The predicted molar refractivity (Wildman–Crippen MR) is 90.2 cm³/mol. The largest absolute Gasteiger partial charge is 0.354 e. The first kappa shape index (κ1) is 16.4. The fourth-order valence-electron chi connectivity index (χ4n) is 2.64. The maximum Gasteiger partial charge on any atom is 0.191 e. The summed E-state index contributed by atoms with van der Waals surface area (Å²) < 4.78 is 12.0. The molecule has 3 atom stereocenters. The van der Waals surface area contributed by atoms with E-state index < -0.39 is 10.8 Å². The van der Waals surface area contributed by atoms with E-state index in [4.69, 9.17) is 0 Å². The Kier molecular flexibility index (Phi) is 6.63. The molecule has 0 aromatic carbocycles. The Morgan fingerprint density at radius 2 is 2.43 bits per heavy atom. The van der Waals surface area contributed by atoms with Gasteiger partial charge < -0.3 is 10.6 Å². The van der Waals surface area contributed by atoms with Crippen molar-refractivity contribution in [2.45, 2.75) is 50.4 Å². The Morgan fingerprint density at radius 1 is 1.57 bits per heavy atom. The van der Waals surface area contributed by atoms with Crippen molar-refractivity contribution < 1.29 is 4.21 Å². The highest BCUT2D eigenvalue weighted by Crippen LogP contribution is 2.22. The third kappa shape index (κ3) is 5.07. The summed E-state index contributed by atoms with van der Waals surface area (Å²) in [6, 6.07) is 0.363. The molecule has 0 spiro atoms. The maximum absolute atomic E-state index is 12.0. The summed E-state index contributed by atoms with van der Waals surface area (Å²) in [5.41, 5.74) is 0. The quantitative estimate of drug-likeness (QED) is 0.640. The van der Waals surface area contributed by atoms with Crippen molar-refractivity contribution in [1.29, 1.82) is 0 Å². The first-order valence-corrected chi connectivity index (χ1v) is 9.71. The molecule has 3 unspecified atom stereocenters. The molecule has 1 aliphatic carbocycles. The van der Waals surface area contributed by atoms with Crippen LogP contribution in [0.5, 0.6) is 0 Å². The van der Waals surface area contributed by atoms with Gasteiger partial charge >= 0.3 is 0 Å². The lowest BCUT2D eigenvalue weighted by Crippen LogP contribution is -2.46. The summed E-state index contributed by atoms with van der Waals surface area (Å²) in [7, 11) is 1.09. The Hall–Kier alpha value is -0.950. The minimum Gasteiger partial charge on any atom is -0.354 e. The number of thiazole rings is 1. The number of hydrogen-bond acceptors (Lipinski definition) is 4. The van der Waals surface area contributed by atoms with E-state index in [9.17, 15) is 4.21 Å². The zero-order valence-corrected chi connectivity index (χ0v) is 14.3. The van der Waals surface area contributed by atoms with Crippen LogP contribution in [0.25, 0.3) is 0 Å². The smallest absolute Gasteiger partial charge is 0.191 e. The zero-order chi connectivity index (χ0) is 15.1. The van der Waals surface area contributed by atoms with Crippen LogP contribution in [0.2, 0.25) is 0 Å². The van der Waals surface area contributed by atoms with Gasteiger partial charge in [-0.15, -0.1) is 11.3 Å². The van der Waals surface area contributed by atoms with E-state index in [1.165, 1.54) is 0 Å². The second-order valence-corrected chi connectivity index (χ2v) is 8.14. The van der Waals surface area contributed by atoms with Crippen LogP contribution >= 0.6 is 11.3 Å². The minimum atomic E-state index is -0.688. The van der Waals surface area contributed by atoms with Crippen molar-refractivity contribution in [2.24, 2.45) is 4.99 Å². The van der Waals surface area contributed by atoms with E-state index in [0.717, 1.165) is 42.4 Å². The summed E-state index contributed by atoms with van der Waals surface area (Å²) in [6.45, 7) is 2.69. The third-order valence-electron chi connectivity index (χ3n) is 3.74. The minimum absolute atomic E-state index is 0.332. The first-order chi connectivity index (χ1) is 10.2. The van der Waals surface area contributed by atoms with Crippen molar-refractivity contribution >= 4 is 28.1 Å². The van der Waals surface area contributed by atoms with Gasteiger partial charge in [-0.2, -0.15) is 0 Å². The second kappa shape index (κ2) is 8.48. The fourth-order valence-corrected chi connectivity index (χ4v) is 4.54. The molecule has 0 amide bonds. The Balaban J connectivity index is 1.82. The molecule has 21 heavy (non-hydrogen) atoms. The topological polar surface area (TPSA) is 66.4 Å². The third-order valence-corrected chi connectivity index (χ3v) is 6.26. The summed E-state index contributed by atoms with van der Waals surface area (Å²) in [5, 5.41) is 10.1. The highest BCUT2D eigenvalue weighted by molar-refractivity contribution is 7.85. The zero-order valence-electron chi connectivity index (χ0n) is 12.7. The van der Waals surface area contributed by atoms with Gasteiger partial charge in [0.25, 0.3) is 0 Å². The van der Waals surface area contributed by atoms with Gasteiger partial charge in [-0.05, 0) is 19.3 Å². The SMILES string of the molecule is CCS(=O)C1CCCC(NC(=NC)NCc2nccs2)C1. The van der Waals surface area contributed by atoms with E-state index in [1.807, 2.05) is 18.5 Å². The predicted octanol–water partition coefficient (Wildman–Crippen LogP) is 1.89. The molecule has 0 bridgehead atoms. The normalized spacial score (nSPS) is 24.6. The highest BCUT2D eigenvalue weighted by atomic mass is 32.2. The molecule has 1 saturated carbocycles. The van der Waals surface area contributed by atoms with Gasteiger partial charge in [0.2, 0.25) is 0 Å². The van der Waals surface area contributed by atoms with Crippen LogP contribution in [0.4, 0.5) is 0 Å². The lowest BCUT2D eigenvalue weighted by atomic mass is 9.95. The standard InChI is InChI=1S/C14H24N4OS2/c1-3-21(19)12-6-4-5-11(9-12)18-14(15-2)17-10-13-16-7-8-20-13/h7-8,11-12H,3-6,9-10H2,1-2H3,(H2,15,17,18). The summed E-state index contributed by atoms with van der Waals surface area (Å²) in [4.78, 5) is 8.52. The molecule has 1 aromatic rings. The Bertz CT molecular complexity index is 475. The lowest BCUT2D eigenvalue weighted by molar-refractivity contribution is 0.413. The summed E-state index contributed by atoms with van der Waals surface area (Å²) in [5.74, 6) is 1.56. The monoisotopic (exact) mass is 328 g/mol. The van der Waals surface area contributed by atoms with Gasteiger partial charge in [0.15, 0.2) is 5.96 Å². The molecule has 1 aliphatic rings. The van der Waals surface area contributed by atoms with E-state index in [1.54, 1.807) is 18.4 Å². The van der Waals surface area contributed by atoms with Gasteiger partial charge in [-0.3, -0.25) is 9.20 Å². The van der Waals surface area contributed by atoms with E-state index in [2.05, 4.69) is 20.6 Å². The maximum atomic E-state index is 12.0. The van der Waals surface area contributed by atoms with Gasteiger partial charge in [-0.1, -0.05) is 13.3 Å². The second-order valence-electron chi connectivity index (χ2n) is 5.15. The van der Waals surface area contributed by atoms with Crippen molar-refractivity contribution in [2.75, 3.05) is 12.8 Å². The number of guanidine groups is 1. The van der Waals surface area contributed by atoms with Crippen LogP contribution in [0.15, 0.2) is 16.6 Å². The van der Waals surface area contributed by atoms with Crippen LogP contribution in [0, 0.1) is 0 Å². The lowest BCUT2D eigenvalue weighted by Gasteiger charge is -2.30. The number of rotatable bonds is 5. The molecule has 1 heterocycles. The molecule has 5 nitrogen and oxygen atoms in total. The average molecular weight is 329 g/mol. The molecule has 1 fully saturated rings. The van der Waals surface area contributed by atoms with Crippen LogP contribution in [0.3, 0.4) is 0 Å². The van der Waals surface area contributed by atoms with Gasteiger partial charge in [0, 0.05) is 46.5 Å². The van der Waals surface area contributed by atoms with Gasteiger partial charge in [-0.25, -0.2) is 4.98 Å². The van der Waals surface area contributed by atoms with Crippen molar-refractivity contribution in [3.63, 3.8) is 0 Å². The fraction of sp³-hybridized carbons (Fsp3) is 0.714. The first-order valence-electron chi connectivity index (χ1n) is 7.45. The molecule has 0 saturated heterocycles. The molecule has 0 aliphatic heterocycles. The molecule has 0 radical (unpaired) electrons. The highest BCUT2D eigenvalue weighted by Gasteiger charge is 2.25. The van der Waals surface area contributed by atoms with Crippen LogP contribution < -0.4 is 10.6 Å². The van der Waals surface area contributed by atoms with Gasteiger partial charge in [0.05, 0.1) is 6.54 Å². The number of nitrogens with one attached hydrogen (secondary N) is 2. The van der Waals surface area contributed by atoms with Crippen molar-refractivity contribution in [3.05, 3.63) is 16.6 Å². The van der Waals surface area contributed by atoms with E-state index >= 15 is 0 Å². The Labute approximate surface area is 133 Å². The van der Waals surface area contributed by atoms with Crippen LogP contribution in [-0.4, -0.2) is 39.2 Å². The van der Waals surface area contributed by atoms with E-state index in [-0.39, 0.29) is 0 Å². The summed E-state index contributed by atoms with van der Waals surface area (Å²) >= 11 is 1.63. The number of aromatic nitrogens is 1. The molecule has 2 rings (SSSR count).